The summed E-state index contributed by atoms with van der Waals surface area (Å²) in [5.41, 5.74) is 1.62. The lowest BCUT2D eigenvalue weighted by Gasteiger charge is -2.18. The molecule has 0 fully saturated rings. The average molecular weight is 421 g/mol. The van der Waals surface area contributed by atoms with Gasteiger partial charge in [-0.1, -0.05) is 30.4 Å². The minimum atomic E-state index is -3.74. The quantitative estimate of drug-likeness (QED) is 0.625. The highest BCUT2D eigenvalue weighted by atomic mass is 32.2. The van der Waals surface area contributed by atoms with Gasteiger partial charge >= 0.3 is 4.87 Å². The molecule has 0 amide bonds. The number of thiazole rings is 1. The molecule has 3 aromatic rings. The van der Waals surface area contributed by atoms with E-state index in [0.29, 0.717) is 11.1 Å². The molecule has 8 heteroatoms. The molecule has 1 atom stereocenters. The van der Waals surface area contributed by atoms with Crippen LogP contribution in [0.2, 0.25) is 0 Å². The Bertz CT molecular complexity index is 1130. The summed E-state index contributed by atoms with van der Waals surface area (Å²) in [6, 6.07) is 11.8. The van der Waals surface area contributed by atoms with Crippen LogP contribution < -0.4 is 14.3 Å². The highest BCUT2D eigenvalue weighted by Gasteiger charge is 2.22. The topological polar surface area (TPSA) is 77.4 Å². The zero-order chi connectivity index (χ0) is 20.5. The van der Waals surface area contributed by atoms with Gasteiger partial charge in [-0.2, -0.15) is 0 Å². The predicted molar refractivity (Wildman–Crippen MR) is 113 cm³/mol. The second-order valence-electron chi connectivity index (χ2n) is 6.82. The number of aromatic nitrogens is 1. The third kappa shape index (κ3) is 3.99. The van der Waals surface area contributed by atoms with E-state index in [9.17, 15) is 13.2 Å². The van der Waals surface area contributed by atoms with E-state index in [1.165, 1.54) is 0 Å². The Morgan fingerprint density at radius 1 is 1.14 bits per heavy atom. The molecule has 0 aliphatic carbocycles. The van der Waals surface area contributed by atoms with Gasteiger partial charge in [-0.15, -0.1) is 0 Å². The molecule has 28 heavy (non-hydrogen) atoms. The van der Waals surface area contributed by atoms with Crippen molar-refractivity contribution in [3.8, 4) is 5.75 Å². The summed E-state index contributed by atoms with van der Waals surface area (Å²) in [7, 11) is -2.15. The molecule has 0 bridgehead atoms. The second-order valence-corrected chi connectivity index (χ2v) is 9.52. The van der Waals surface area contributed by atoms with Crippen LogP contribution in [0.4, 0.5) is 0 Å². The van der Waals surface area contributed by atoms with E-state index < -0.39 is 10.0 Å². The van der Waals surface area contributed by atoms with Crippen LogP contribution in [0.3, 0.4) is 0 Å². The molecule has 2 aromatic carbocycles. The lowest BCUT2D eigenvalue weighted by Crippen LogP contribution is -2.28. The van der Waals surface area contributed by atoms with Crippen LogP contribution in [0, 0.1) is 0 Å². The highest BCUT2D eigenvalue weighted by molar-refractivity contribution is 7.89. The number of fused-ring (bicyclic) bond motifs is 1. The molecule has 0 saturated heterocycles. The maximum Gasteiger partial charge on any atom is 0.308 e. The molecule has 0 spiro atoms. The smallest absolute Gasteiger partial charge is 0.308 e. The Morgan fingerprint density at radius 3 is 2.39 bits per heavy atom. The van der Waals surface area contributed by atoms with Gasteiger partial charge in [-0.3, -0.25) is 9.36 Å². The van der Waals surface area contributed by atoms with Gasteiger partial charge in [0.1, 0.15) is 5.75 Å². The molecule has 1 aromatic heterocycles. The maximum absolute atomic E-state index is 13.0. The van der Waals surface area contributed by atoms with E-state index in [2.05, 4.69) is 4.72 Å². The zero-order valence-corrected chi connectivity index (χ0v) is 17.9. The number of nitrogens with one attached hydrogen (secondary N) is 1. The van der Waals surface area contributed by atoms with Crippen molar-refractivity contribution in [1.29, 1.82) is 0 Å². The highest BCUT2D eigenvalue weighted by Crippen LogP contribution is 2.26. The van der Waals surface area contributed by atoms with Crippen molar-refractivity contribution in [2.45, 2.75) is 44.2 Å². The summed E-state index contributed by atoms with van der Waals surface area (Å²) in [5, 5.41) is 0. The second kappa shape index (κ2) is 8.06. The normalized spacial score (nSPS) is 13.2. The molecule has 0 saturated carbocycles. The van der Waals surface area contributed by atoms with Crippen molar-refractivity contribution in [3.05, 3.63) is 57.7 Å². The molecule has 6 nitrogen and oxygen atoms in total. The Labute approximate surface area is 168 Å². The van der Waals surface area contributed by atoms with Crippen molar-refractivity contribution in [1.82, 2.24) is 9.29 Å². The fourth-order valence-corrected chi connectivity index (χ4v) is 5.61. The number of nitrogens with zero attached hydrogens (tertiary/aromatic N) is 1. The molecular weight excluding hydrogens is 396 g/mol. The standard InChI is InChI=1S/C20H24N2O4S2/c1-5-17(14-6-8-15(26-4)9-7-14)21-28(24,25)16-10-11-18-19(12-16)27-20(23)22(18)13(2)3/h6-13,17,21H,5H2,1-4H3/t17-/m1/s1. The van der Waals surface area contributed by atoms with Gasteiger partial charge in [0.05, 0.1) is 22.2 Å². The SMILES string of the molecule is CC[C@@H](NS(=O)(=O)c1ccc2c(c1)sc(=O)n2C(C)C)c1ccc(OC)cc1. The number of rotatable bonds is 7. The van der Waals surface area contributed by atoms with Crippen molar-refractivity contribution in [3.63, 3.8) is 0 Å². The van der Waals surface area contributed by atoms with Crippen LogP contribution >= 0.6 is 11.3 Å². The molecule has 1 N–H and O–H groups in total. The lowest BCUT2D eigenvalue weighted by atomic mass is 10.1. The number of benzene rings is 2. The van der Waals surface area contributed by atoms with Gasteiger partial charge < -0.3 is 4.74 Å². The fraction of sp³-hybridized carbons (Fsp3) is 0.350. The zero-order valence-electron chi connectivity index (χ0n) is 16.3. The molecule has 1 heterocycles. The first kappa shape index (κ1) is 20.6. The van der Waals surface area contributed by atoms with E-state index in [1.807, 2.05) is 45.0 Å². The number of hydrogen-bond donors (Lipinski definition) is 1. The summed E-state index contributed by atoms with van der Waals surface area (Å²) in [5.74, 6) is 0.719. The van der Waals surface area contributed by atoms with E-state index in [-0.39, 0.29) is 21.9 Å². The minimum absolute atomic E-state index is 0.0152. The number of hydrogen-bond acceptors (Lipinski definition) is 5. The average Bonchev–Trinajstić information content (AvgIpc) is 3.01. The summed E-state index contributed by atoms with van der Waals surface area (Å²) < 4.78 is 36.2. The van der Waals surface area contributed by atoms with E-state index in [1.54, 1.807) is 29.9 Å². The van der Waals surface area contributed by atoms with Crippen LogP contribution in [0.5, 0.6) is 5.75 Å². The first-order valence-electron chi connectivity index (χ1n) is 9.08. The molecule has 0 aliphatic heterocycles. The number of ether oxygens (including phenoxy) is 1. The Hall–Kier alpha value is -2.16. The first-order valence-corrected chi connectivity index (χ1v) is 11.4. The van der Waals surface area contributed by atoms with Gasteiger partial charge in [0.2, 0.25) is 10.0 Å². The van der Waals surface area contributed by atoms with Crippen molar-refractivity contribution >= 4 is 31.6 Å². The van der Waals surface area contributed by atoms with Crippen LogP contribution in [0.1, 0.15) is 44.8 Å². The van der Waals surface area contributed by atoms with Gasteiger partial charge in [-0.05, 0) is 56.2 Å². The number of methoxy groups -OCH3 is 1. The molecular formula is C20H24N2O4S2. The van der Waals surface area contributed by atoms with E-state index >= 15 is 0 Å². The monoisotopic (exact) mass is 420 g/mol. The maximum atomic E-state index is 13.0. The Morgan fingerprint density at radius 2 is 1.82 bits per heavy atom. The van der Waals surface area contributed by atoms with Crippen LogP contribution in [-0.4, -0.2) is 20.1 Å². The Kier molecular flexibility index (Phi) is 5.92. The van der Waals surface area contributed by atoms with Crippen LogP contribution in [-0.2, 0) is 10.0 Å². The van der Waals surface area contributed by atoms with Crippen molar-refractivity contribution in [2.24, 2.45) is 0 Å². The molecule has 0 aliphatic rings. The minimum Gasteiger partial charge on any atom is -0.497 e. The van der Waals surface area contributed by atoms with Crippen molar-refractivity contribution < 1.29 is 13.2 Å². The molecule has 150 valence electrons. The molecule has 3 rings (SSSR count). The Balaban J connectivity index is 1.93. The summed E-state index contributed by atoms with van der Waals surface area (Å²) in [6.45, 7) is 5.79. The largest absolute Gasteiger partial charge is 0.497 e. The van der Waals surface area contributed by atoms with Gasteiger partial charge in [0, 0.05) is 12.1 Å². The summed E-state index contributed by atoms with van der Waals surface area (Å²) in [4.78, 5) is 12.3. The van der Waals surface area contributed by atoms with Crippen molar-refractivity contribution in [2.75, 3.05) is 7.11 Å². The molecule has 0 radical (unpaired) electrons. The fourth-order valence-electron chi connectivity index (χ4n) is 3.15. The van der Waals surface area contributed by atoms with Crippen LogP contribution in [0.15, 0.2) is 52.2 Å². The predicted octanol–water partition coefficient (Wildman–Crippen LogP) is 4.08. The van der Waals surface area contributed by atoms with Gasteiger partial charge in [0.25, 0.3) is 0 Å². The van der Waals surface area contributed by atoms with Gasteiger partial charge in [-0.25, -0.2) is 13.1 Å². The van der Waals surface area contributed by atoms with Gasteiger partial charge in [0.15, 0.2) is 0 Å². The van der Waals surface area contributed by atoms with E-state index in [4.69, 9.17) is 4.74 Å². The third-order valence-corrected chi connectivity index (χ3v) is 7.02. The summed E-state index contributed by atoms with van der Waals surface area (Å²) in [6.07, 6.45) is 0.602. The lowest BCUT2D eigenvalue weighted by molar-refractivity contribution is 0.414. The first-order chi connectivity index (χ1) is 13.3. The molecule has 0 unspecified atom stereocenters. The van der Waals surface area contributed by atoms with E-state index in [0.717, 1.165) is 28.2 Å². The third-order valence-electron chi connectivity index (χ3n) is 4.64. The summed E-state index contributed by atoms with van der Waals surface area (Å²) >= 11 is 1.06. The van der Waals surface area contributed by atoms with Crippen LogP contribution in [0.25, 0.3) is 10.2 Å². The number of sulfonamides is 1.